The molecule has 0 aromatic heterocycles. The van der Waals surface area contributed by atoms with E-state index in [1.807, 2.05) is 44.2 Å². The molecule has 1 rings (SSSR count). The summed E-state index contributed by atoms with van der Waals surface area (Å²) in [6.07, 6.45) is 1.65. The molecule has 0 aliphatic rings. The molecule has 0 aliphatic heterocycles. The summed E-state index contributed by atoms with van der Waals surface area (Å²) >= 11 is 6.25. The SMILES string of the molecule is CCCNC(=O)CN(CCC)C(=O)C(Cl)c1ccccc1. The van der Waals surface area contributed by atoms with Gasteiger partial charge in [-0.05, 0) is 18.4 Å². The Hall–Kier alpha value is -1.55. The van der Waals surface area contributed by atoms with Crippen molar-refractivity contribution in [3.8, 4) is 0 Å². The van der Waals surface area contributed by atoms with Crippen LogP contribution in [0.3, 0.4) is 0 Å². The Kier molecular flexibility index (Phi) is 7.83. The van der Waals surface area contributed by atoms with Gasteiger partial charge < -0.3 is 10.2 Å². The summed E-state index contributed by atoms with van der Waals surface area (Å²) in [7, 11) is 0. The molecule has 0 bridgehead atoms. The highest BCUT2D eigenvalue weighted by molar-refractivity contribution is 6.30. The lowest BCUT2D eigenvalue weighted by molar-refractivity contribution is -0.135. The van der Waals surface area contributed by atoms with Gasteiger partial charge in [-0.25, -0.2) is 0 Å². The highest BCUT2D eigenvalue weighted by atomic mass is 35.5. The van der Waals surface area contributed by atoms with Crippen LogP contribution in [-0.4, -0.2) is 36.3 Å². The van der Waals surface area contributed by atoms with Gasteiger partial charge >= 0.3 is 0 Å². The van der Waals surface area contributed by atoms with Crippen LogP contribution in [0, 0.1) is 0 Å². The highest BCUT2D eigenvalue weighted by Crippen LogP contribution is 2.22. The predicted molar refractivity (Wildman–Crippen MR) is 85.2 cm³/mol. The third kappa shape index (κ3) is 5.76. The number of nitrogens with zero attached hydrogens (tertiary/aromatic N) is 1. The Morgan fingerprint density at radius 2 is 1.86 bits per heavy atom. The number of amides is 2. The molecular formula is C16H23ClN2O2. The molecule has 4 nitrogen and oxygen atoms in total. The van der Waals surface area contributed by atoms with Gasteiger partial charge in [0.05, 0.1) is 6.54 Å². The maximum absolute atomic E-state index is 12.5. The molecule has 2 amide bonds. The number of nitrogens with one attached hydrogen (secondary N) is 1. The van der Waals surface area contributed by atoms with Crippen molar-refractivity contribution in [2.24, 2.45) is 0 Å². The molecule has 1 atom stereocenters. The topological polar surface area (TPSA) is 49.4 Å². The van der Waals surface area contributed by atoms with Gasteiger partial charge in [0, 0.05) is 13.1 Å². The van der Waals surface area contributed by atoms with Crippen LogP contribution in [-0.2, 0) is 9.59 Å². The number of alkyl halides is 1. The average Bonchev–Trinajstić information content (AvgIpc) is 2.52. The molecule has 0 saturated heterocycles. The van der Waals surface area contributed by atoms with Gasteiger partial charge in [0.15, 0.2) is 0 Å². The van der Waals surface area contributed by atoms with Crippen molar-refractivity contribution >= 4 is 23.4 Å². The molecule has 1 aromatic carbocycles. The molecular weight excluding hydrogens is 288 g/mol. The molecule has 0 saturated carbocycles. The maximum Gasteiger partial charge on any atom is 0.245 e. The second kappa shape index (κ2) is 9.40. The summed E-state index contributed by atoms with van der Waals surface area (Å²) in [6, 6.07) is 9.19. The van der Waals surface area contributed by atoms with E-state index in [1.165, 1.54) is 4.90 Å². The maximum atomic E-state index is 12.5. The van der Waals surface area contributed by atoms with Gasteiger partial charge in [0.1, 0.15) is 5.38 Å². The lowest BCUT2D eigenvalue weighted by atomic mass is 10.1. The van der Waals surface area contributed by atoms with E-state index in [9.17, 15) is 9.59 Å². The van der Waals surface area contributed by atoms with Crippen LogP contribution < -0.4 is 5.32 Å². The first-order valence-electron chi connectivity index (χ1n) is 7.34. The van der Waals surface area contributed by atoms with E-state index < -0.39 is 5.38 Å². The van der Waals surface area contributed by atoms with Crippen LogP contribution in [0.4, 0.5) is 0 Å². The van der Waals surface area contributed by atoms with Crippen molar-refractivity contribution < 1.29 is 9.59 Å². The van der Waals surface area contributed by atoms with Gasteiger partial charge in [-0.3, -0.25) is 9.59 Å². The zero-order valence-corrected chi connectivity index (χ0v) is 13.4. The molecule has 0 heterocycles. The number of carbonyl (C=O) groups is 2. The molecule has 0 aliphatic carbocycles. The van der Waals surface area contributed by atoms with Crippen LogP contribution in [0.25, 0.3) is 0 Å². The Morgan fingerprint density at radius 3 is 2.43 bits per heavy atom. The monoisotopic (exact) mass is 310 g/mol. The standard InChI is InChI=1S/C16H23ClN2O2/c1-3-10-18-14(20)12-19(11-4-2)16(21)15(17)13-8-6-5-7-9-13/h5-9,15H,3-4,10-12H2,1-2H3,(H,18,20). The molecule has 0 radical (unpaired) electrons. The Bertz CT molecular complexity index is 451. The number of rotatable bonds is 8. The van der Waals surface area contributed by atoms with Gasteiger partial charge in [0.25, 0.3) is 0 Å². The molecule has 116 valence electrons. The van der Waals surface area contributed by atoms with E-state index in [1.54, 1.807) is 0 Å². The summed E-state index contributed by atoms with van der Waals surface area (Å²) < 4.78 is 0. The van der Waals surface area contributed by atoms with Crippen LogP contribution in [0.5, 0.6) is 0 Å². The quantitative estimate of drug-likeness (QED) is 0.751. The van der Waals surface area contributed by atoms with E-state index in [0.717, 1.165) is 18.4 Å². The first-order chi connectivity index (χ1) is 10.1. The minimum atomic E-state index is -0.753. The normalized spacial score (nSPS) is 11.8. The predicted octanol–water partition coefficient (Wildman–Crippen LogP) is 2.73. The molecule has 0 spiro atoms. The second-order valence-corrected chi connectivity index (χ2v) is 5.32. The number of carbonyl (C=O) groups excluding carboxylic acids is 2. The minimum absolute atomic E-state index is 0.0583. The smallest absolute Gasteiger partial charge is 0.245 e. The van der Waals surface area contributed by atoms with Crippen LogP contribution in [0.2, 0.25) is 0 Å². The molecule has 1 N–H and O–H groups in total. The van der Waals surface area contributed by atoms with E-state index in [2.05, 4.69) is 5.32 Å². The summed E-state index contributed by atoms with van der Waals surface area (Å²) in [4.78, 5) is 25.8. The van der Waals surface area contributed by atoms with Crippen LogP contribution in [0.1, 0.15) is 37.6 Å². The zero-order valence-electron chi connectivity index (χ0n) is 12.6. The van der Waals surface area contributed by atoms with Crippen molar-refractivity contribution in [1.82, 2.24) is 10.2 Å². The lowest BCUT2D eigenvalue weighted by Crippen LogP contribution is -2.42. The van der Waals surface area contributed by atoms with Gasteiger partial charge in [-0.2, -0.15) is 0 Å². The van der Waals surface area contributed by atoms with Crippen molar-refractivity contribution in [3.05, 3.63) is 35.9 Å². The van der Waals surface area contributed by atoms with Crippen molar-refractivity contribution in [1.29, 1.82) is 0 Å². The van der Waals surface area contributed by atoms with E-state index in [4.69, 9.17) is 11.6 Å². The fourth-order valence-corrected chi connectivity index (χ4v) is 2.24. The number of hydrogen-bond donors (Lipinski definition) is 1. The first-order valence-corrected chi connectivity index (χ1v) is 7.78. The first kappa shape index (κ1) is 17.5. The van der Waals surface area contributed by atoms with Gasteiger partial charge in [0.2, 0.25) is 11.8 Å². The molecule has 5 heteroatoms. The molecule has 1 unspecified atom stereocenters. The minimum Gasteiger partial charge on any atom is -0.355 e. The second-order valence-electron chi connectivity index (χ2n) is 4.88. The number of benzene rings is 1. The Morgan fingerprint density at radius 1 is 1.19 bits per heavy atom. The van der Waals surface area contributed by atoms with Gasteiger partial charge in [-0.15, -0.1) is 11.6 Å². The van der Waals surface area contributed by atoms with E-state index >= 15 is 0 Å². The summed E-state index contributed by atoms with van der Waals surface area (Å²) in [6.45, 7) is 5.16. The fourth-order valence-electron chi connectivity index (χ4n) is 1.96. The van der Waals surface area contributed by atoms with E-state index in [0.29, 0.717) is 13.1 Å². The molecule has 0 fully saturated rings. The Labute approximate surface area is 131 Å². The zero-order chi connectivity index (χ0) is 15.7. The molecule has 1 aromatic rings. The van der Waals surface area contributed by atoms with Crippen molar-refractivity contribution in [3.63, 3.8) is 0 Å². The van der Waals surface area contributed by atoms with Gasteiger partial charge in [-0.1, -0.05) is 44.2 Å². The average molecular weight is 311 g/mol. The lowest BCUT2D eigenvalue weighted by Gasteiger charge is -2.24. The number of halogens is 1. The Balaban J connectivity index is 2.70. The number of hydrogen-bond acceptors (Lipinski definition) is 2. The summed E-state index contributed by atoms with van der Waals surface area (Å²) in [5.41, 5.74) is 0.749. The van der Waals surface area contributed by atoms with Crippen LogP contribution in [0.15, 0.2) is 30.3 Å². The largest absolute Gasteiger partial charge is 0.355 e. The van der Waals surface area contributed by atoms with E-state index in [-0.39, 0.29) is 18.4 Å². The fraction of sp³-hybridized carbons (Fsp3) is 0.500. The van der Waals surface area contributed by atoms with Crippen molar-refractivity contribution in [2.75, 3.05) is 19.6 Å². The van der Waals surface area contributed by atoms with Crippen LogP contribution >= 0.6 is 11.6 Å². The highest BCUT2D eigenvalue weighted by Gasteiger charge is 2.24. The third-order valence-corrected chi connectivity index (χ3v) is 3.46. The summed E-state index contributed by atoms with van der Waals surface area (Å²) in [5, 5.41) is 2.03. The molecule has 21 heavy (non-hydrogen) atoms. The summed E-state index contributed by atoms with van der Waals surface area (Å²) in [5.74, 6) is -0.369. The van der Waals surface area contributed by atoms with Crippen molar-refractivity contribution in [2.45, 2.75) is 32.1 Å². The third-order valence-electron chi connectivity index (χ3n) is 3.02.